The predicted octanol–water partition coefficient (Wildman–Crippen LogP) is 2.01. The van der Waals surface area contributed by atoms with Crippen LogP contribution in [-0.4, -0.2) is 28.1 Å². The first kappa shape index (κ1) is 15.9. The molecular formula is C14H21N3O3. The molecule has 3 N–H and O–H groups in total. The SMILES string of the molecule is CC(C)CC(C)NC(=O)NCc1ccc(C(=O)O)nc1. The first-order chi connectivity index (χ1) is 9.38. The van der Waals surface area contributed by atoms with Crippen molar-refractivity contribution in [3.05, 3.63) is 29.6 Å². The van der Waals surface area contributed by atoms with Crippen LogP contribution in [0.5, 0.6) is 0 Å². The summed E-state index contributed by atoms with van der Waals surface area (Å²) in [5.41, 5.74) is 0.741. The molecule has 6 heteroatoms. The third-order valence-corrected chi connectivity index (χ3v) is 2.70. The van der Waals surface area contributed by atoms with Crippen LogP contribution in [0.25, 0.3) is 0 Å². The zero-order valence-corrected chi connectivity index (χ0v) is 12.0. The Kier molecular flexibility index (Phi) is 5.96. The van der Waals surface area contributed by atoms with E-state index >= 15 is 0 Å². The van der Waals surface area contributed by atoms with Crippen LogP contribution in [0.2, 0.25) is 0 Å². The molecule has 20 heavy (non-hydrogen) atoms. The van der Waals surface area contributed by atoms with Crippen molar-refractivity contribution in [2.24, 2.45) is 5.92 Å². The lowest BCUT2D eigenvalue weighted by Crippen LogP contribution is -2.40. The van der Waals surface area contributed by atoms with Crippen molar-refractivity contribution in [1.82, 2.24) is 15.6 Å². The number of carboxylic acid groups (broad SMARTS) is 1. The quantitative estimate of drug-likeness (QED) is 0.743. The van der Waals surface area contributed by atoms with Crippen molar-refractivity contribution in [1.29, 1.82) is 0 Å². The fraction of sp³-hybridized carbons (Fsp3) is 0.500. The topological polar surface area (TPSA) is 91.3 Å². The van der Waals surface area contributed by atoms with E-state index in [1.54, 1.807) is 6.07 Å². The van der Waals surface area contributed by atoms with Crippen LogP contribution in [0.3, 0.4) is 0 Å². The molecule has 0 radical (unpaired) electrons. The minimum atomic E-state index is -1.07. The highest BCUT2D eigenvalue weighted by molar-refractivity contribution is 5.85. The molecule has 110 valence electrons. The Hall–Kier alpha value is -2.11. The number of nitrogens with zero attached hydrogens (tertiary/aromatic N) is 1. The Morgan fingerprint density at radius 2 is 2.00 bits per heavy atom. The van der Waals surface area contributed by atoms with Gasteiger partial charge in [0.05, 0.1) is 0 Å². The molecule has 0 spiro atoms. The second-order valence-corrected chi connectivity index (χ2v) is 5.21. The van der Waals surface area contributed by atoms with E-state index in [1.807, 2.05) is 6.92 Å². The fourth-order valence-corrected chi connectivity index (χ4v) is 1.88. The number of hydrogen-bond donors (Lipinski definition) is 3. The third kappa shape index (κ3) is 5.69. The summed E-state index contributed by atoms with van der Waals surface area (Å²) in [6.07, 6.45) is 2.36. The number of urea groups is 1. The molecule has 2 amide bonds. The molecule has 1 heterocycles. The Bertz CT molecular complexity index is 457. The van der Waals surface area contributed by atoms with Gasteiger partial charge in [-0.1, -0.05) is 19.9 Å². The molecule has 0 saturated heterocycles. The molecule has 0 aliphatic rings. The van der Waals surface area contributed by atoms with Gasteiger partial charge in [0.25, 0.3) is 0 Å². The van der Waals surface area contributed by atoms with Crippen LogP contribution in [-0.2, 0) is 6.54 Å². The summed E-state index contributed by atoms with van der Waals surface area (Å²) >= 11 is 0. The fourth-order valence-electron chi connectivity index (χ4n) is 1.88. The maximum absolute atomic E-state index is 11.6. The van der Waals surface area contributed by atoms with Gasteiger partial charge in [-0.15, -0.1) is 0 Å². The van der Waals surface area contributed by atoms with Gasteiger partial charge in [0.2, 0.25) is 0 Å². The van der Waals surface area contributed by atoms with Crippen molar-refractivity contribution in [3.63, 3.8) is 0 Å². The first-order valence-corrected chi connectivity index (χ1v) is 6.61. The molecule has 1 aromatic rings. The van der Waals surface area contributed by atoms with Crippen LogP contribution in [0, 0.1) is 5.92 Å². The zero-order chi connectivity index (χ0) is 15.1. The van der Waals surface area contributed by atoms with Crippen LogP contribution in [0.4, 0.5) is 4.79 Å². The summed E-state index contributed by atoms with van der Waals surface area (Å²) in [6.45, 7) is 6.48. The molecule has 1 atom stereocenters. The van der Waals surface area contributed by atoms with E-state index in [2.05, 4.69) is 29.5 Å². The summed E-state index contributed by atoms with van der Waals surface area (Å²) < 4.78 is 0. The van der Waals surface area contributed by atoms with Gasteiger partial charge in [-0.25, -0.2) is 14.6 Å². The summed E-state index contributed by atoms with van der Waals surface area (Å²) in [5.74, 6) is -0.539. The number of carbonyl (C=O) groups is 2. The first-order valence-electron chi connectivity index (χ1n) is 6.61. The minimum absolute atomic E-state index is 0.0104. The highest BCUT2D eigenvalue weighted by Crippen LogP contribution is 2.04. The molecule has 6 nitrogen and oxygen atoms in total. The normalized spacial score (nSPS) is 12.0. The largest absolute Gasteiger partial charge is 0.477 e. The molecule has 1 unspecified atom stereocenters. The number of amides is 2. The zero-order valence-electron chi connectivity index (χ0n) is 12.0. The molecule has 1 aromatic heterocycles. The Morgan fingerprint density at radius 1 is 1.30 bits per heavy atom. The second-order valence-electron chi connectivity index (χ2n) is 5.21. The highest BCUT2D eigenvalue weighted by atomic mass is 16.4. The molecule has 0 aliphatic carbocycles. The van der Waals surface area contributed by atoms with Gasteiger partial charge in [-0.05, 0) is 30.9 Å². The maximum Gasteiger partial charge on any atom is 0.354 e. The monoisotopic (exact) mass is 279 g/mol. The average molecular weight is 279 g/mol. The maximum atomic E-state index is 11.6. The van der Waals surface area contributed by atoms with E-state index in [4.69, 9.17) is 5.11 Å². The number of nitrogens with one attached hydrogen (secondary N) is 2. The van der Waals surface area contributed by atoms with E-state index in [-0.39, 0.29) is 17.8 Å². The highest BCUT2D eigenvalue weighted by Gasteiger charge is 2.09. The van der Waals surface area contributed by atoms with E-state index < -0.39 is 5.97 Å². The van der Waals surface area contributed by atoms with Crippen molar-refractivity contribution in [3.8, 4) is 0 Å². The molecule has 0 bridgehead atoms. The van der Waals surface area contributed by atoms with Gasteiger partial charge < -0.3 is 15.7 Å². The number of aromatic carboxylic acids is 1. The number of carbonyl (C=O) groups excluding carboxylic acids is 1. The lowest BCUT2D eigenvalue weighted by molar-refractivity contribution is 0.0690. The van der Waals surface area contributed by atoms with E-state index in [9.17, 15) is 9.59 Å². The van der Waals surface area contributed by atoms with Crippen LogP contribution in [0.1, 0.15) is 43.2 Å². The van der Waals surface area contributed by atoms with E-state index in [1.165, 1.54) is 12.3 Å². The average Bonchev–Trinajstić information content (AvgIpc) is 2.35. The minimum Gasteiger partial charge on any atom is -0.477 e. The van der Waals surface area contributed by atoms with E-state index in [0.29, 0.717) is 12.5 Å². The summed E-state index contributed by atoms with van der Waals surface area (Å²) in [7, 11) is 0. The molecule has 0 aromatic carbocycles. The number of aromatic nitrogens is 1. The van der Waals surface area contributed by atoms with Crippen LogP contribution >= 0.6 is 0 Å². The van der Waals surface area contributed by atoms with Crippen LogP contribution in [0.15, 0.2) is 18.3 Å². The molecular weight excluding hydrogens is 258 g/mol. The lowest BCUT2D eigenvalue weighted by atomic mass is 10.1. The Morgan fingerprint density at radius 3 is 2.50 bits per heavy atom. The number of hydrogen-bond acceptors (Lipinski definition) is 3. The van der Waals surface area contributed by atoms with Gasteiger partial charge in [-0.2, -0.15) is 0 Å². The van der Waals surface area contributed by atoms with Gasteiger partial charge in [0.1, 0.15) is 5.69 Å². The van der Waals surface area contributed by atoms with Crippen molar-refractivity contribution in [2.75, 3.05) is 0 Å². The number of pyridine rings is 1. The molecule has 0 aliphatic heterocycles. The van der Waals surface area contributed by atoms with Crippen molar-refractivity contribution in [2.45, 2.75) is 39.8 Å². The van der Waals surface area contributed by atoms with E-state index in [0.717, 1.165) is 12.0 Å². The molecule has 1 rings (SSSR count). The van der Waals surface area contributed by atoms with Gasteiger partial charge in [0, 0.05) is 18.8 Å². The van der Waals surface area contributed by atoms with Gasteiger partial charge in [0.15, 0.2) is 0 Å². The summed E-state index contributed by atoms with van der Waals surface area (Å²) in [6, 6.07) is 2.93. The number of carboxylic acids is 1. The predicted molar refractivity (Wildman–Crippen MR) is 75.5 cm³/mol. The molecule has 0 saturated carbocycles. The summed E-state index contributed by atoms with van der Waals surface area (Å²) in [4.78, 5) is 26.1. The van der Waals surface area contributed by atoms with Crippen molar-refractivity contribution >= 4 is 12.0 Å². The Labute approximate surface area is 118 Å². The Balaban J connectivity index is 2.39. The smallest absolute Gasteiger partial charge is 0.354 e. The van der Waals surface area contributed by atoms with Crippen LogP contribution < -0.4 is 10.6 Å². The van der Waals surface area contributed by atoms with Crippen molar-refractivity contribution < 1.29 is 14.7 Å². The molecule has 0 fully saturated rings. The third-order valence-electron chi connectivity index (χ3n) is 2.70. The standard InChI is InChI=1S/C14H21N3O3/c1-9(2)6-10(3)17-14(20)16-8-11-4-5-12(13(18)19)15-7-11/h4-5,7,9-10H,6,8H2,1-3H3,(H,18,19)(H2,16,17,20). The second kappa shape index (κ2) is 7.47. The van der Waals surface area contributed by atoms with Gasteiger partial charge >= 0.3 is 12.0 Å². The number of rotatable bonds is 6. The lowest BCUT2D eigenvalue weighted by Gasteiger charge is -2.16. The van der Waals surface area contributed by atoms with Gasteiger partial charge in [-0.3, -0.25) is 0 Å². The summed E-state index contributed by atoms with van der Waals surface area (Å²) in [5, 5.41) is 14.3.